The van der Waals surface area contributed by atoms with Crippen molar-refractivity contribution in [3.63, 3.8) is 0 Å². The molecule has 0 aliphatic carbocycles. The first-order chi connectivity index (χ1) is 10.9. The summed E-state index contributed by atoms with van der Waals surface area (Å²) in [7, 11) is 0. The van der Waals surface area contributed by atoms with Gasteiger partial charge in [-0.1, -0.05) is 0 Å². The number of benzene rings is 1. The molecule has 0 saturated carbocycles. The maximum absolute atomic E-state index is 13.3. The lowest BCUT2D eigenvalue weighted by molar-refractivity contribution is -0.385. The number of anilines is 1. The Balaban J connectivity index is 2.08. The number of nitrogens with zero attached hydrogens (tertiary/aromatic N) is 4. The average molecular weight is 318 g/mol. The lowest BCUT2D eigenvalue weighted by atomic mass is 10.0. The summed E-state index contributed by atoms with van der Waals surface area (Å²) in [5.41, 5.74) is -0.669. The molecule has 1 aromatic carbocycles. The van der Waals surface area contributed by atoms with Crippen LogP contribution in [0.4, 0.5) is 15.9 Å². The van der Waals surface area contributed by atoms with E-state index in [0.717, 1.165) is 18.2 Å². The van der Waals surface area contributed by atoms with Crippen LogP contribution < -0.4 is 4.90 Å². The number of fused-ring (bicyclic) bond motifs is 1. The van der Waals surface area contributed by atoms with Crippen molar-refractivity contribution in [1.82, 2.24) is 9.78 Å². The first-order valence-electron chi connectivity index (χ1n) is 7.21. The second kappa shape index (κ2) is 5.45. The topological polar surface area (TPSA) is 81.3 Å². The standard InChI is InChI=1S/C15H15FN4O3/c1-9-7-10(2)19-14(5-6-17-19)18(9)15(21)12-4-3-11(16)8-13(12)20(22)23/h3-6,8-10H,7H2,1-2H3/t9-,10-/m1/s1. The van der Waals surface area contributed by atoms with Crippen LogP contribution in [0, 0.1) is 15.9 Å². The quantitative estimate of drug-likeness (QED) is 0.630. The molecular formula is C15H15FN4O3. The zero-order valence-electron chi connectivity index (χ0n) is 12.6. The SMILES string of the molecule is C[C@@H]1C[C@@H](C)n2nccc2N1C(=O)c1ccc(F)cc1[N+](=O)[O-]. The van der Waals surface area contributed by atoms with Gasteiger partial charge in [-0.25, -0.2) is 9.07 Å². The number of nitro benzene ring substituents is 1. The van der Waals surface area contributed by atoms with Gasteiger partial charge in [-0.15, -0.1) is 0 Å². The van der Waals surface area contributed by atoms with Crippen molar-refractivity contribution in [2.75, 3.05) is 4.90 Å². The van der Waals surface area contributed by atoms with Gasteiger partial charge in [0.25, 0.3) is 11.6 Å². The minimum absolute atomic E-state index is 0.127. The Labute approximate surface area is 131 Å². The van der Waals surface area contributed by atoms with E-state index in [4.69, 9.17) is 0 Å². The van der Waals surface area contributed by atoms with Gasteiger partial charge >= 0.3 is 0 Å². The monoisotopic (exact) mass is 318 g/mol. The number of aromatic nitrogens is 2. The molecule has 0 bridgehead atoms. The zero-order valence-corrected chi connectivity index (χ0v) is 12.6. The lowest BCUT2D eigenvalue weighted by Crippen LogP contribution is -2.45. The van der Waals surface area contributed by atoms with E-state index in [1.54, 1.807) is 16.9 Å². The van der Waals surface area contributed by atoms with Crippen molar-refractivity contribution in [1.29, 1.82) is 0 Å². The van der Waals surface area contributed by atoms with Gasteiger partial charge in [0, 0.05) is 12.1 Å². The third-order valence-corrected chi connectivity index (χ3v) is 4.04. The van der Waals surface area contributed by atoms with E-state index < -0.39 is 22.3 Å². The van der Waals surface area contributed by atoms with Crippen LogP contribution in [0.1, 0.15) is 36.7 Å². The number of carbonyl (C=O) groups excluding carboxylic acids is 1. The molecule has 0 saturated heterocycles. The van der Waals surface area contributed by atoms with Gasteiger partial charge in [0.1, 0.15) is 17.2 Å². The number of rotatable bonds is 2. The van der Waals surface area contributed by atoms with Crippen molar-refractivity contribution in [2.45, 2.75) is 32.4 Å². The molecule has 0 N–H and O–H groups in total. The molecule has 1 aliphatic rings. The number of nitro groups is 1. The van der Waals surface area contributed by atoms with Crippen molar-refractivity contribution in [2.24, 2.45) is 0 Å². The highest BCUT2D eigenvalue weighted by Gasteiger charge is 2.35. The predicted octanol–water partition coefficient (Wildman–Crippen LogP) is 2.93. The number of halogens is 1. The number of hydrogen-bond acceptors (Lipinski definition) is 4. The Bertz CT molecular complexity index is 789. The highest BCUT2D eigenvalue weighted by atomic mass is 19.1. The lowest BCUT2D eigenvalue weighted by Gasteiger charge is -2.36. The first-order valence-corrected chi connectivity index (χ1v) is 7.21. The van der Waals surface area contributed by atoms with Gasteiger partial charge < -0.3 is 0 Å². The molecule has 0 unspecified atom stereocenters. The Morgan fingerprint density at radius 1 is 1.35 bits per heavy atom. The van der Waals surface area contributed by atoms with E-state index in [1.165, 1.54) is 4.90 Å². The molecule has 1 amide bonds. The zero-order chi connectivity index (χ0) is 16.7. The minimum atomic E-state index is -0.751. The Kier molecular flexibility index (Phi) is 3.59. The molecule has 1 aromatic heterocycles. The van der Waals surface area contributed by atoms with E-state index in [9.17, 15) is 19.3 Å². The highest BCUT2D eigenvalue weighted by molar-refractivity contribution is 6.08. The van der Waals surface area contributed by atoms with Crippen LogP contribution in [-0.2, 0) is 0 Å². The van der Waals surface area contributed by atoms with Crippen LogP contribution >= 0.6 is 0 Å². The van der Waals surface area contributed by atoms with Crippen molar-refractivity contribution >= 4 is 17.4 Å². The van der Waals surface area contributed by atoms with Gasteiger partial charge in [-0.3, -0.25) is 19.8 Å². The van der Waals surface area contributed by atoms with Crippen LogP contribution in [0.25, 0.3) is 0 Å². The van der Waals surface area contributed by atoms with E-state index in [-0.39, 0.29) is 17.6 Å². The summed E-state index contributed by atoms with van der Waals surface area (Å²) in [4.78, 5) is 24.7. The van der Waals surface area contributed by atoms with E-state index >= 15 is 0 Å². The average Bonchev–Trinajstić information content (AvgIpc) is 2.96. The molecule has 1 aliphatic heterocycles. The summed E-state index contributed by atoms with van der Waals surface area (Å²) in [6.45, 7) is 3.87. The molecular weight excluding hydrogens is 303 g/mol. The number of hydrogen-bond donors (Lipinski definition) is 0. The summed E-state index contributed by atoms with van der Waals surface area (Å²) in [5, 5.41) is 15.3. The third-order valence-electron chi connectivity index (χ3n) is 4.04. The Morgan fingerprint density at radius 3 is 2.78 bits per heavy atom. The smallest absolute Gasteiger partial charge is 0.285 e. The second-order valence-corrected chi connectivity index (χ2v) is 5.66. The van der Waals surface area contributed by atoms with Crippen molar-refractivity contribution < 1.29 is 14.1 Å². The second-order valence-electron chi connectivity index (χ2n) is 5.66. The van der Waals surface area contributed by atoms with Crippen LogP contribution in [0.2, 0.25) is 0 Å². The van der Waals surface area contributed by atoms with E-state index in [1.807, 2.05) is 13.8 Å². The summed E-state index contributed by atoms with van der Waals surface area (Å²) in [6.07, 6.45) is 2.26. The van der Waals surface area contributed by atoms with Crippen molar-refractivity contribution in [3.05, 3.63) is 52.0 Å². The number of amides is 1. The fraction of sp³-hybridized carbons (Fsp3) is 0.333. The molecule has 120 valence electrons. The summed E-state index contributed by atoms with van der Waals surface area (Å²) in [6, 6.07) is 4.64. The minimum Gasteiger partial charge on any atom is -0.290 e. The van der Waals surface area contributed by atoms with Gasteiger partial charge in [-0.05, 0) is 32.4 Å². The van der Waals surface area contributed by atoms with Crippen LogP contribution in [0.3, 0.4) is 0 Å². The van der Waals surface area contributed by atoms with Crippen molar-refractivity contribution in [3.8, 4) is 0 Å². The predicted molar refractivity (Wildman–Crippen MR) is 80.9 cm³/mol. The fourth-order valence-corrected chi connectivity index (χ4v) is 3.03. The Morgan fingerprint density at radius 2 is 2.09 bits per heavy atom. The number of carbonyl (C=O) groups is 1. The molecule has 2 aromatic rings. The van der Waals surface area contributed by atoms with Gasteiger partial charge in [0.2, 0.25) is 0 Å². The van der Waals surface area contributed by atoms with E-state index in [0.29, 0.717) is 12.2 Å². The molecule has 8 heteroatoms. The molecule has 0 spiro atoms. The molecule has 2 heterocycles. The molecule has 3 rings (SSSR count). The first kappa shape index (κ1) is 15.1. The normalized spacial score (nSPS) is 20.2. The van der Waals surface area contributed by atoms with Crippen LogP contribution in [0.5, 0.6) is 0 Å². The molecule has 2 atom stereocenters. The fourth-order valence-electron chi connectivity index (χ4n) is 3.03. The highest BCUT2D eigenvalue weighted by Crippen LogP contribution is 2.33. The van der Waals surface area contributed by atoms with E-state index in [2.05, 4.69) is 5.10 Å². The van der Waals surface area contributed by atoms with Gasteiger partial charge in [-0.2, -0.15) is 5.10 Å². The molecule has 7 nitrogen and oxygen atoms in total. The maximum Gasteiger partial charge on any atom is 0.285 e. The third kappa shape index (κ3) is 2.45. The molecule has 23 heavy (non-hydrogen) atoms. The summed E-state index contributed by atoms with van der Waals surface area (Å²) < 4.78 is 15.0. The molecule has 0 radical (unpaired) electrons. The largest absolute Gasteiger partial charge is 0.290 e. The van der Waals surface area contributed by atoms with Crippen LogP contribution in [-0.4, -0.2) is 26.7 Å². The maximum atomic E-state index is 13.3. The van der Waals surface area contributed by atoms with Crippen LogP contribution in [0.15, 0.2) is 30.5 Å². The molecule has 0 fully saturated rings. The van der Waals surface area contributed by atoms with Gasteiger partial charge in [0.05, 0.1) is 23.2 Å². The Hall–Kier alpha value is -2.77. The summed E-state index contributed by atoms with van der Waals surface area (Å²) in [5.74, 6) is -0.698. The van der Waals surface area contributed by atoms with Gasteiger partial charge in [0.15, 0.2) is 0 Å². The summed E-state index contributed by atoms with van der Waals surface area (Å²) >= 11 is 0.